The van der Waals surface area contributed by atoms with Crippen molar-refractivity contribution in [3.8, 4) is 0 Å². The molecular formula is C19H22N2O4S. The monoisotopic (exact) mass is 374 g/mol. The van der Waals surface area contributed by atoms with Gasteiger partial charge in [0.25, 0.3) is 5.91 Å². The first-order chi connectivity index (χ1) is 12.5. The third-order valence-corrected chi connectivity index (χ3v) is 5.47. The van der Waals surface area contributed by atoms with Gasteiger partial charge in [0.05, 0.1) is 25.7 Å². The Morgan fingerprint density at radius 3 is 2.73 bits per heavy atom. The summed E-state index contributed by atoms with van der Waals surface area (Å²) < 4.78 is 5.33. The number of nitrogens with one attached hydrogen (secondary N) is 1. The molecule has 0 spiro atoms. The van der Waals surface area contributed by atoms with E-state index < -0.39 is 12.0 Å². The summed E-state index contributed by atoms with van der Waals surface area (Å²) in [4.78, 5) is 26.7. The number of carboxylic acids is 1. The Morgan fingerprint density at radius 1 is 1.31 bits per heavy atom. The zero-order chi connectivity index (χ0) is 18.5. The zero-order valence-corrected chi connectivity index (χ0v) is 15.4. The van der Waals surface area contributed by atoms with Crippen molar-refractivity contribution in [2.45, 2.75) is 25.9 Å². The van der Waals surface area contributed by atoms with Gasteiger partial charge in [-0.2, -0.15) is 0 Å². The lowest BCUT2D eigenvalue weighted by molar-refractivity contribution is -0.139. The van der Waals surface area contributed by atoms with Crippen LogP contribution in [0.15, 0.2) is 35.7 Å². The van der Waals surface area contributed by atoms with Crippen LogP contribution < -0.4 is 5.32 Å². The van der Waals surface area contributed by atoms with Crippen molar-refractivity contribution in [2.75, 3.05) is 25.1 Å². The van der Waals surface area contributed by atoms with Gasteiger partial charge in [-0.3, -0.25) is 9.59 Å². The third-order valence-electron chi connectivity index (χ3n) is 4.45. The predicted octanol–water partition coefficient (Wildman–Crippen LogP) is 2.98. The van der Waals surface area contributed by atoms with E-state index >= 15 is 0 Å². The van der Waals surface area contributed by atoms with Gasteiger partial charge in [0, 0.05) is 29.2 Å². The summed E-state index contributed by atoms with van der Waals surface area (Å²) in [6, 6.07) is 8.98. The molecule has 2 heterocycles. The van der Waals surface area contributed by atoms with Crippen molar-refractivity contribution in [2.24, 2.45) is 0 Å². The number of ether oxygens (including phenoxy) is 1. The molecule has 0 radical (unpaired) electrons. The Kier molecular flexibility index (Phi) is 5.90. The third kappa shape index (κ3) is 4.42. The number of amides is 1. The second kappa shape index (κ2) is 8.33. The number of aryl methyl sites for hydroxylation is 1. The largest absolute Gasteiger partial charge is 0.481 e. The fraction of sp³-hybridized carbons (Fsp3) is 0.368. The maximum atomic E-state index is 12.8. The average Bonchev–Trinajstić information content (AvgIpc) is 3.05. The molecule has 2 N–H and O–H groups in total. The quantitative estimate of drug-likeness (QED) is 0.813. The van der Waals surface area contributed by atoms with Crippen molar-refractivity contribution < 1.29 is 19.4 Å². The van der Waals surface area contributed by atoms with E-state index in [2.05, 4.69) is 23.7 Å². The van der Waals surface area contributed by atoms with Crippen molar-refractivity contribution in [1.82, 2.24) is 4.90 Å². The van der Waals surface area contributed by atoms with E-state index in [0.717, 1.165) is 12.2 Å². The topological polar surface area (TPSA) is 78.9 Å². The van der Waals surface area contributed by atoms with Gasteiger partial charge in [-0.25, -0.2) is 0 Å². The summed E-state index contributed by atoms with van der Waals surface area (Å²) >= 11 is 1.72. The van der Waals surface area contributed by atoms with E-state index in [4.69, 9.17) is 9.84 Å². The molecule has 1 aliphatic heterocycles. The van der Waals surface area contributed by atoms with Gasteiger partial charge < -0.3 is 20.1 Å². The minimum atomic E-state index is -0.929. The Labute approximate surface area is 156 Å². The number of carboxylic acid groups (broad SMARTS) is 1. The van der Waals surface area contributed by atoms with Crippen LogP contribution in [0.3, 0.4) is 0 Å². The van der Waals surface area contributed by atoms with Crippen LogP contribution in [-0.4, -0.2) is 47.7 Å². The van der Waals surface area contributed by atoms with Crippen molar-refractivity contribution in [3.05, 3.63) is 51.7 Å². The average molecular weight is 374 g/mol. The highest BCUT2D eigenvalue weighted by Gasteiger charge is 2.29. The molecule has 0 aliphatic carbocycles. The number of hydrogen-bond donors (Lipinski definition) is 2. The molecule has 138 valence electrons. The van der Waals surface area contributed by atoms with Gasteiger partial charge in [0.15, 0.2) is 0 Å². The van der Waals surface area contributed by atoms with Crippen LogP contribution in [0.4, 0.5) is 5.69 Å². The van der Waals surface area contributed by atoms with Crippen LogP contribution in [0.25, 0.3) is 0 Å². The normalized spacial score (nSPS) is 17.1. The molecule has 1 saturated heterocycles. The van der Waals surface area contributed by atoms with Gasteiger partial charge in [-0.15, -0.1) is 11.3 Å². The van der Waals surface area contributed by atoms with Crippen LogP contribution in [0.2, 0.25) is 0 Å². The summed E-state index contributed by atoms with van der Waals surface area (Å²) in [7, 11) is 0. The highest BCUT2D eigenvalue weighted by atomic mass is 32.1. The van der Waals surface area contributed by atoms with Gasteiger partial charge in [-0.1, -0.05) is 0 Å². The van der Waals surface area contributed by atoms with Crippen molar-refractivity contribution in [1.29, 1.82) is 0 Å². The molecule has 1 aromatic heterocycles. The number of benzene rings is 1. The lowest BCUT2D eigenvalue weighted by atomic mass is 10.1. The Bertz CT molecular complexity index is 772. The predicted molar refractivity (Wildman–Crippen MR) is 101 cm³/mol. The van der Waals surface area contributed by atoms with Gasteiger partial charge >= 0.3 is 5.97 Å². The van der Waals surface area contributed by atoms with Gasteiger partial charge in [0.2, 0.25) is 0 Å². The molecule has 0 saturated carbocycles. The molecule has 3 rings (SSSR count). The number of morpholine rings is 1. The number of anilines is 1. The molecule has 1 aromatic carbocycles. The lowest BCUT2D eigenvalue weighted by Gasteiger charge is -2.34. The number of aliphatic carboxylic acids is 1. The van der Waals surface area contributed by atoms with E-state index in [9.17, 15) is 9.59 Å². The van der Waals surface area contributed by atoms with E-state index in [1.807, 2.05) is 12.1 Å². The van der Waals surface area contributed by atoms with Crippen LogP contribution in [0.5, 0.6) is 0 Å². The standard InChI is InChI=1S/C19H22N2O4S/c1-13-6-9-26-17(13)11-20-15-4-2-14(3-5-15)19(24)21-7-8-25-12-16(21)10-18(22)23/h2-6,9,16,20H,7-8,10-12H2,1H3,(H,22,23)/t16-/m1/s1. The smallest absolute Gasteiger partial charge is 0.305 e. The number of hydrogen-bond acceptors (Lipinski definition) is 5. The minimum absolute atomic E-state index is 0.106. The number of carbonyl (C=O) groups excluding carboxylic acids is 1. The van der Waals surface area contributed by atoms with E-state index in [1.54, 1.807) is 28.4 Å². The highest BCUT2D eigenvalue weighted by Crippen LogP contribution is 2.20. The van der Waals surface area contributed by atoms with Crippen LogP contribution in [0.1, 0.15) is 27.2 Å². The van der Waals surface area contributed by atoms with E-state index in [-0.39, 0.29) is 18.9 Å². The first-order valence-corrected chi connectivity index (χ1v) is 9.40. The number of rotatable bonds is 6. The number of nitrogens with zero attached hydrogens (tertiary/aromatic N) is 1. The molecule has 2 aromatic rings. The summed E-state index contributed by atoms with van der Waals surface area (Å²) in [5.74, 6) is -1.08. The molecule has 0 unspecified atom stereocenters. The molecule has 6 nitrogen and oxygen atoms in total. The van der Waals surface area contributed by atoms with Crippen LogP contribution >= 0.6 is 11.3 Å². The Morgan fingerprint density at radius 2 is 2.08 bits per heavy atom. The van der Waals surface area contributed by atoms with Crippen LogP contribution in [0, 0.1) is 6.92 Å². The molecule has 26 heavy (non-hydrogen) atoms. The summed E-state index contributed by atoms with van der Waals surface area (Å²) in [6.07, 6.45) is -0.106. The summed E-state index contributed by atoms with van der Waals surface area (Å²) in [5, 5.41) is 14.5. The summed E-state index contributed by atoms with van der Waals surface area (Å²) in [5.41, 5.74) is 2.77. The molecule has 1 atom stereocenters. The molecule has 1 aliphatic rings. The Hall–Kier alpha value is -2.38. The minimum Gasteiger partial charge on any atom is -0.481 e. The fourth-order valence-corrected chi connectivity index (χ4v) is 3.80. The zero-order valence-electron chi connectivity index (χ0n) is 14.6. The second-order valence-electron chi connectivity index (χ2n) is 6.28. The number of thiophene rings is 1. The number of carbonyl (C=O) groups is 2. The maximum absolute atomic E-state index is 12.8. The molecular weight excluding hydrogens is 352 g/mol. The summed E-state index contributed by atoms with van der Waals surface area (Å²) in [6.45, 7) is 3.94. The van der Waals surface area contributed by atoms with Crippen molar-refractivity contribution in [3.63, 3.8) is 0 Å². The molecule has 1 fully saturated rings. The maximum Gasteiger partial charge on any atom is 0.305 e. The SMILES string of the molecule is Cc1ccsc1CNc1ccc(C(=O)N2CCOC[C@H]2CC(=O)O)cc1. The molecule has 7 heteroatoms. The van der Waals surface area contributed by atoms with Crippen molar-refractivity contribution >= 4 is 28.9 Å². The fourth-order valence-electron chi connectivity index (χ4n) is 2.96. The second-order valence-corrected chi connectivity index (χ2v) is 7.28. The van der Waals surface area contributed by atoms with E-state index in [0.29, 0.717) is 18.7 Å². The molecule has 1 amide bonds. The first-order valence-electron chi connectivity index (χ1n) is 8.52. The van der Waals surface area contributed by atoms with Crippen LogP contribution in [-0.2, 0) is 16.1 Å². The van der Waals surface area contributed by atoms with E-state index in [1.165, 1.54) is 10.4 Å². The van der Waals surface area contributed by atoms with Gasteiger partial charge in [-0.05, 0) is 48.2 Å². The first kappa shape index (κ1) is 18.4. The molecule has 0 bridgehead atoms. The van der Waals surface area contributed by atoms with Gasteiger partial charge in [0.1, 0.15) is 0 Å². The lowest BCUT2D eigenvalue weighted by Crippen LogP contribution is -2.49. The highest BCUT2D eigenvalue weighted by molar-refractivity contribution is 7.10. The Balaban J connectivity index is 1.64.